The maximum atomic E-state index is 15.1. The number of hydrogen-bond acceptors (Lipinski definition) is 6. The van der Waals surface area contributed by atoms with Gasteiger partial charge in [-0.25, -0.2) is 4.98 Å². The Labute approximate surface area is 258 Å². The number of halogens is 2. The van der Waals surface area contributed by atoms with Gasteiger partial charge in [0.15, 0.2) is 16.1 Å². The largest absolute Gasteiger partial charge is 0.450 e. The topological polar surface area (TPSA) is 83.7 Å². The van der Waals surface area contributed by atoms with Gasteiger partial charge in [-0.05, 0) is 55.0 Å². The zero-order valence-electron chi connectivity index (χ0n) is 22.4. The number of nitrogens with zero attached hydrogens (tertiary/aromatic N) is 3. The van der Waals surface area contributed by atoms with E-state index in [1.54, 1.807) is 47.4 Å². The summed E-state index contributed by atoms with van der Waals surface area (Å²) in [5.41, 5.74) is 1.47. The molecule has 10 heteroatoms. The van der Waals surface area contributed by atoms with Crippen molar-refractivity contribution in [1.82, 2.24) is 4.98 Å². The number of hydrogen-bond donors (Lipinski definition) is 0. The normalized spacial score (nSPS) is 17.5. The number of fused-ring (bicyclic) bond motifs is 6. The molecule has 0 bridgehead atoms. The lowest BCUT2D eigenvalue weighted by Crippen LogP contribution is -2.53. The molecule has 1 spiro atoms. The van der Waals surface area contributed by atoms with Crippen molar-refractivity contribution < 1.29 is 14.0 Å². The van der Waals surface area contributed by atoms with Crippen LogP contribution >= 0.6 is 34.5 Å². The molecule has 210 valence electrons. The first-order valence-corrected chi connectivity index (χ1v) is 15.0. The van der Waals surface area contributed by atoms with Gasteiger partial charge in [0, 0.05) is 15.6 Å². The third-order valence-corrected chi connectivity index (χ3v) is 9.55. The first-order valence-electron chi connectivity index (χ1n) is 13.4. The number of para-hydroxylation sites is 1. The highest BCUT2D eigenvalue weighted by Gasteiger charge is 2.66. The Balaban J connectivity index is 1.45. The Morgan fingerprint density at radius 2 is 1.65 bits per heavy atom. The second-order valence-electron chi connectivity index (χ2n) is 10.6. The van der Waals surface area contributed by atoms with Crippen LogP contribution in [0.3, 0.4) is 0 Å². The molecule has 8 rings (SSSR count). The van der Waals surface area contributed by atoms with Gasteiger partial charge in [-0.1, -0.05) is 82.6 Å². The lowest BCUT2D eigenvalue weighted by Gasteiger charge is -2.32. The Morgan fingerprint density at radius 1 is 0.907 bits per heavy atom. The van der Waals surface area contributed by atoms with Crippen molar-refractivity contribution in [2.75, 3.05) is 9.80 Å². The standard InChI is InChI=1S/C33H19Cl2N3O4S/c1-17-6-8-18(9-7-17)16-37-24-5-3-2-4-22(24)33(31(37)41)27-28(39)21-14-19(34)11-13-25(21)42-29(27)30(40)38(33)32-36-23-12-10-20(35)15-26(23)43-32/h2-15H,16H2,1H3. The number of thiazole rings is 1. The fourth-order valence-electron chi connectivity index (χ4n) is 6.15. The molecule has 2 aliphatic rings. The van der Waals surface area contributed by atoms with E-state index in [2.05, 4.69) is 0 Å². The van der Waals surface area contributed by atoms with Gasteiger partial charge in [0.2, 0.25) is 5.76 Å². The highest BCUT2D eigenvalue weighted by molar-refractivity contribution is 7.22. The number of anilines is 2. The van der Waals surface area contributed by atoms with Crippen molar-refractivity contribution in [2.45, 2.75) is 19.0 Å². The number of aromatic nitrogens is 1. The molecule has 2 aliphatic heterocycles. The highest BCUT2D eigenvalue weighted by Crippen LogP contribution is 2.55. The minimum Gasteiger partial charge on any atom is -0.450 e. The van der Waals surface area contributed by atoms with Crippen molar-refractivity contribution in [3.05, 3.63) is 133 Å². The number of benzene rings is 4. The summed E-state index contributed by atoms with van der Waals surface area (Å²) in [6, 6.07) is 25.0. The number of carbonyl (C=O) groups excluding carboxylic acids is 2. The van der Waals surface area contributed by atoms with Crippen LogP contribution in [-0.4, -0.2) is 16.8 Å². The summed E-state index contributed by atoms with van der Waals surface area (Å²) in [5, 5.41) is 1.27. The predicted molar refractivity (Wildman–Crippen MR) is 169 cm³/mol. The van der Waals surface area contributed by atoms with Gasteiger partial charge in [-0.2, -0.15) is 0 Å². The van der Waals surface area contributed by atoms with Gasteiger partial charge in [-0.3, -0.25) is 19.3 Å². The van der Waals surface area contributed by atoms with E-state index in [1.807, 2.05) is 43.3 Å². The first-order chi connectivity index (χ1) is 20.8. The number of aryl methyl sites for hydroxylation is 1. The van der Waals surface area contributed by atoms with Crippen LogP contribution in [0, 0.1) is 6.92 Å². The summed E-state index contributed by atoms with van der Waals surface area (Å²) >= 11 is 13.8. The lowest BCUT2D eigenvalue weighted by atomic mass is 9.84. The molecule has 43 heavy (non-hydrogen) atoms. The van der Waals surface area contributed by atoms with E-state index in [1.165, 1.54) is 22.3 Å². The van der Waals surface area contributed by atoms with E-state index in [0.29, 0.717) is 26.8 Å². The van der Waals surface area contributed by atoms with E-state index in [4.69, 9.17) is 32.6 Å². The monoisotopic (exact) mass is 623 g/mol. The lowest BCUT2D eigenvalue weighted by molar-refractivity contribution is -0.121. The third-order valence-electron chi connectivity index (χ3n) is 8.08. The summed E-state index contributed by atoms with van der Waals surface area (Å²) in [4.78, 5) is 51.7. The average Bonchev–Trinajstić information content (AvgIpc) is 3.60. The summed E-state index contributed by atoms with van der Waals surface area (Å²) in [6.07, 6.45) is 0. The molecule has 7 nitrogen and oxygen atoms in total. The summed E-state index contributed by atoms with van der Waals surface area (Å²) in [5.74, 6) is -1.28. The minimum absolute atomic E-state index is 0.0478. The van der Waals surface area contributed by atoms with Crippen molar-refractivity contribution in [3.8, 4) is 0 Å². The molecule has 0 saturated carbocycles. The molecule has 4 aromatic carbocycles. The van der Waals surface area contributed by atoms with Gasteiger partial charge in [0.1, 0.15) is 5.58 Å². The van der Waals surface area contributed by atoms with Crippen LogP contribution in [0.5, 0.6) is 0 Å². The van der Waals surface area contributed by atoms with Gasteiger partial charge in [0.05, 0.1) is 33.4 Å². The van der Waals surface area contributed by atoms with E-state index in [0.717, 1.165) is 15.8 Å². The highest BCUT2D eigenvalue weighted by atomic mass is 35.5. The summed E-state index contributed by atoms with van der Waals surface area (Å²) < 4.78 is 6.88. The maximum absolute atomic E-state index is 15.1. The Bertz CT molecular complexity index is 2240. The van der Waals surface area contributed by atoms with Crippen molar-refractivity contribution in [2.24, 2.45) is 0 Å². The van der Waals surface area contributed by atoms with E-state index in [9.17, 15) is 9.59 Å². The van der Waals surface area contributed by atoms with Gasteiger partial charge >= 0.3 is 0 Å². The summed E-state index contributed by atoms with van der Waals surface area (Å²) in [6.45, 7) is 2.23. The van der Waals surface area contributed by atoms with E-state index < -0.39 is 22.8 Å². The molecule has 0 radical (unpaired) electrons. The van der Waals surface area contributed by atoms with Crippen LogP contribution in [0.15, 0.2) is 94.1 Å². The Morgan fingerprint density at radius 3 is 2.47 bits per heavy atom. The number of amides is 2. The van der Waals surface area contributed by atoms with Gasteiger partial charge < -0.3 is 9.32 Å². The van der Waals surface area contributed by atoms with Crippen LogP contribution < -0.4 is 15.2 Å². The van der Waals surface area contributed by atoms with Gasteiger partial charge in [-0.15, -0.1) is 0 Å². The third kappa shape index (κ3) is 3.60. The molecular weight excluding hydrogens is 605 g/mol. The number of carbonyl (C=O) groups is 2. The molecule has 6 aromatic rings. The molecule has 2 aromatic heterocycles. The van der Waals surface area contributed by atoms with Crippen molar-refractivity contribution in [1.29, 1.82) is 0 Å². The molecular formula is C33H19Cl2N3O4S. The van der Waals surface area contributed by atoms with Crippen molar-refractivity contribution in [3.63, 3.8) is 0 Å². The van der Waals surface area contributed by atoms with E-state index in [-0.39, 0.29) is 34.0 Å². The van der Waals surface area contributed by atoms with Crippen LogP contribution in [0.4, 0.5) is 10.8 Å². The molecule has 0 saturated heterocycles. The molecule has 1 atom stereocenters. The predicted octanol–water partition coefficient (Wildman–Crippen LogP) is 7.47. The Kier molecular flexibility index (Phi) is 5.62. The van der Waals surface area contributed by atoms with E-state index >= 15 is 4.79 Å². The maximum Gasteiger partial charge on any atom is 0.297 e. The second kappa shape index (κ2) is 9.25. The van der Waals surface area contributed by atoms with Crippen LogP contribution in [0.25, 0.3) is 21.2 Å². The summed E-state index contributed by atoms with van der Waals surface area (Å²) in [7, 11) is 0. The zero-order chi connectivity index (χ0) is 29.6. The van der Waals surface area contributed by atoms with Crippen LogP contribution in [0.1, 0.15) is 32.8 Å². The van der Waals surface area contributed by atoms with Gasteiger partial charge in [0.25, 0.3) is 11.8 Å². The molecule has 0 aliphatic carbocycles. The van der Waals surface area contributed by atoms with Crippen molar-refractivity contribution >= 4 is 78.4 Å². The fourth-order valence-corrected chi connectivity index (χ4v) is 7.62. The average molecular weight is 625 g/mol. The fraction of sp³-hybridized carbons (Fsp3) is 0.0909. The Hall–Kier alpha value is -4.50. The number of rotatable bonds is 3. The molecule has 2 amide bonds. The SMILES string of the molecule is Cc1ccc(CN2C(=O)C3(c4ccccc42)c2c(oc4ccc(Cl)cc4c2=O)C(=O)N3c2nc3ccc(Cl)cc3s2)cc1. The molecule has 1 unspecified atom stereocenters. The van der Waals surface area contributed by atoms with Crippen LogP contribution in [0.2, 0.25) is 10.0 Å². The first kappa shape index (κ1) is 26.2. The second-order valence-corrected chi connectivity index (χ2v) is 12.5. The smallest absolute Gasteiger partial charge is 0.297 e. The zero-order valence-corrected chi connectivity index (χ0v) is 24.8. The molecule has 0 N–H and O–H groups in total. The molecule has 4 heterocycles. The quantitative estimate of drug-likeness (QED) is 0.204. The van der Waals surface area contributed by atoms with Crippen LogP contribution in [-0.2, 0) is 16.9 Å². The minimum atomic E-state index is -1.86. The molecule has 0 fully saturated rings.